The molecule has 4 unspecified atom stereocenters. The zero-order chi connectivity index (χ0) is 14.9. The minimum Gasteiger partial charge on any atom is -0.480 e. The van der Waals surface area contributed by atoms with Crippen LogP contribution in [0.5, 0.6) is 0 Å². The smallest absolute Gasteiger partial charge is 0.323 e. The second-order valence-electron chi connectivity index (χ2n) is 7.48. The number of carboxylic acids is 1. The van der Waals surface area contributed by atoms with Crippen molar-refractivity contribution in [2.75, 3.05) is 13.1 Å². The van der Waals surface area contributed by atoms with Gasteiger partial charge in [0.2, 0.25) is 0 Å². The largest absolute Gasteiger partial charge is 0.480 e. The third-order valence-corrected chi connectivity index (χ3v) is 4.88. The summed E-state index contributed by atoms with van der Waals surface area (Å²) in [5.74, 6) is 0.792. The number of rotatable bonds is 4. The van der Waals surface area contributed by atoms with Crippen LogP contribution in [0.2, 0.25) is 0 Å². The van der Waals surface area contributed by atoms with E-state index in [9.17, 15) is 9.90 Å². The number of carbonyl (C=O) groups is 1. The van der Waals surface area contributed by atoms with Gasteiger partial charge in [-0.2, -0.15) is 0 Å². The lowest BCUT2D eigenvalue weighted by Gasteiger charge is -2.39. The first-order valence-corrected chi connectivity index (χ1v) is 8.07. The summed E-state index contributed by atoms with van der Waals surface area (Å²) in [7, 11) is 0. The Morgan fingerprint density at radius 3 is 2.40 bits per heavy atom. The first kappa shape index (κ1) is 15.8. The molecule has 1 aliphatic heterocycles. The number of nitrogens with zero attached hydrogens (tertiary/aromatic N) is 1. The van der Waals surface area contributed by atoms with Crippen LogP contribution in [0, 0.1) is 11.8 Å². The molecule has 20 heavy (non-hydrogen) atoms. The highest BCUT2D eigenvalue weighted by Crippen LogP contribution is 2.36. The van der Waals surface area contributed by atoms with E-state index in [0.717, 1.165) is 44.2 Å². The minimum atomic E-state index is -0.706. The number of carboxylic acid groups (broad SMARTS) is 1. The first-order chi connectivity index (χ1) is 9.32. The van der Waals surface area contributed by atoms with E-state index < -0.39 is 11.5 Å². The molecule has 2 aliphatic rings. The topological polar surface area (TPSA) is 52.6 Å². The van der Waals surface area contributed by atoms with Crippen LogP contribution in [0.25, 0.3) is 0 Å². The van der Waals surface area contributed by atoms with E-state index in [1.165, 1.54) is 6.42 Å². The van der Waals surface area contributed by atoms with Crippen LogP contribution in [0.15, 0.2) is 0 Å². The van der Waals surface area contributed by atoms with E-state index in [1.54, 1.807) is 0 Å². The van der Waals surface area contributed by atoms with Gasteiger partial charge in [-0.15, -0.1) is 0 Å². The third kappa shape index (κ3) is 3.34. The number of likely N-dealkylation sites (tertiary alicyclic amines) is 1. The highest BCUT2D eigenvalue weighted by atomic mass is 16.4. The molecule has 4 nitrogen and oxygen atoms in total. The van der Waals surface area contributed by atoms with Crippen molar-refractivity contribution in [2.24, 2.45) is 11.8 Å². The van der Waals surface area contributed by atoms with E-state index in [-0.39, 0.29) is 6.04 Å². The Morgan fingerprint density at radius 2 is 1.90 bits per heavy atom. The molecule has 116 valence electrons. The standard InChI is InChI=1S/C16H30N2O2/c1-11(2)17-16(15(19)20)6-5-14(8-16)18-9-12(3)7-13(4)10-18/h11-14,17H,5-10H2,1-4H3,(H,19,20). The molecule has 1 heterocycles. The van der Waals surface area contributed by atoms with Crippen LogP contribution in [-0.4, -0.2) is 46.7 Å². The summed E-state index contributed by atoms with van der Waals surface area (Å²) in [6, 6.07) is 0.645. The Balaban J connectivity index is 2.04. The lowest BCUT2D eigenvalue weighted by molar-refractivity contribution is -0.145. The zero-order valence-corrected chi connectivity index (χ0v) is 13.4. The molecule has 1 saturated carbocycles. The molecular weight excluding hydrogens is 252 g/mol. The lowest BCUT2D eigenvalue weighted by atomic mass is 9.90. The average molecular weight is 282 g/mol. The van der Waals surface area contributed by atoms with Gasteiger partial charge in [-0.25, -0.2) is 0 Å². The molecule has 0 aromatic carbocycles. The van der Waals surface area contributed by atoms with Crippen LogP contribution < -0.4 is 5.32 Å². The molecule has 0 radical (unpaired) electrons. The second kappa shape index (κ2) is 6.02. The molecule has 4 heteroatoms. The summed E-state index contributed by atoms with van der Waals surface area (Å²) in [4.78, 5) is 14.3. The molecule has 2 rings (SSSR count). The number of hydrogen-bond donors (Lipinski definition) is 2. The van der Waals surface area contributed by atoms with Crippen LogP contribution in [-0.2, 0) is 4.79 Å². The van der Waals surface area contributed by atoms with Crippen molar-refractivity contribution in [1.82, 2.24) is 10.2 Å². The first-order valence-electron chi connectivity index (χ1n) is 8.07. The molecule has 0 amide bonds. The minimum absolute atomic E-state index is 0.212. The summed E-state index contributed by atoms with van der Waals surface area (Å²) in [5.41, 5.74) is -0.706. The molecule has 4 atom stereocenters. The lowest BCUT2D eigenvalue weighted by Crippen LogP contribution is -2.54. The zero-order valence-electron chi connectivity index (χ0n) is 13.4. The summed E-state index contributed by atoms with van der Waals surface area (Å²) >= 11 is 0. The maximum atomic E-state index is 11.7. The van der Waals surface area contributed by atoms with Crippen LogP contribution in [0.1, 0.15) is 53.4 Å². The van der Waals surface area contributed by atoms with Crippen LogP contribution in [0.4, 0.5) is 0 Å². The number of aliphatic carboxylic acids is 1. The van der Waals surface area contributed by atoms with Crippen molar-refractivity contribution in [2.45, 2.75) is 71.0 Å². The van der Waals surface area contributed by atoms with E-state index >= 15 is 0 Å². The highest BCUT2D eigenvalue weighted by molar-refractivity contribution is 5.79. The van der Waals surface area contributed by atoms with Gasteiger partial charge in [0.15, 0.2) is 0 Å². The van der Waals surface area contributed by atoms with Gasteiger partial charge in [0.05, 0.1) is 0 Å². The Hall–Kier alpha value is -0.610. The Kier molecular flexibility index (Phi) is 4.75. The Morgan fingerprint density at radius 1 is 1.30 bits per heavy atom. The molecule has 2 N–H and O–H groups in total. The monoisotopic (exact) mass is 282 g/mol. The molecule has 1 saturated heterocycles. The highest BCUT2D eigenvalue weighted by Gasteiger charge is 2.47. The van der Waals surface area contributed by atoms with Gasteiger partial charge in [-0.05, 0) is 51.4 Å². The molecule has 0 aromatic rings. The van der Waals surface area contributed by atoms with Gasteiger partial charge in [-0.1, -0.05) is 13.8 Å². The fraction of sp³-hybridized carbons (Fsp3) is 0.938. The second-order valence-corrected chi connectivity index (χ2v) is 7.48. The van der Waals surface area contributed by atoms with E-state index in [0.29, 0.717) is 6.04 Å². The molecule has 2 fully saturated rings. The van der Waals surface area contributed by atoms with Crippen molar-refractivity contribution in [1.29, 1.82) is 0 Å². The Labute approximate surface area is 122 Å². The number of piperidine rings is 1. The van der Waals surface area contributed by atoms with Crippen molar-refractivity contribution < 1.29 is 9.90 Å². The molecule has 0 bridgehead atoms. The summed E-state index contributed by atoms with van der Waals surface area (Å²) in [6.45, 7) is 11.0. The van der Waals surface area contributed by atoms with Crippen molar-refractivity contribution >= 4 is 5.97 Å². The van der Waals surface area contributed by atoms with Crippen molar-refractivity contribution in [3.8, 4) is 0 Å². The summed E-state index contributed by atoms with van der Waals surface area (Å²) in [6.07, 6.45) is 3.81. The number of nitrogens with one attached hydrogen (secondary N) is 1. The Bertz CT molecular complexity index is 348. The third-order valence-electron chi connectivity index (χ3n) is 4.88. The van der Waals surface area contributed by atoms with Crippen molar-refractivity contribution in [3.63, 3.8) is 0 Å². The van der Waals surface area contributed by atoms with Crippen LogP contribution in [0.3, 0.4) is 0 Å². The normalized spacial score (nSPS) is 39.4. The molecular formula is C16H30N2O2. The van der Waals surface area contributed by atoms with Crippen LogP contribution >= 0.6 is 0 Å². The summed E-state index contributed by atoms with van der Waals surface area (Å²) in [5, 5.41) is 13.0. The maximum Gasteiger partial charge on any atom is 0.323 e. The van der Waals surface area contributed by atoms with E-state index in [4.69, 9.17) is 0 Å². The SMILES string of the molecule is CC1CC(C)CN(C2CCC(NC(C)C)(C(=O)O)C2)C1. The molecule has 0 aromatic heterocycles. The van der Waals surface area contributed by atoms with Gasteiger partial charge in [0, 0.05) is 25.2 Å². The van der Waals surface area contributed by atoms with Gasteiger partial charge >= 0.3 is 5.97 Å². The van der Waals surface area contributed by atoms with E-state index in [1.807, 2.05) is 13.8 Å². The fourth-order valence-electron chi connectivity index (χ4n) is 4.28. The van der Waals surface area contributed by atoms with Crippen molar-refractivity contribution in [3.05, 3.63) is 0 Å². The van der Waals surface area contributed by atoms with E-state index in [2.05, 4.69) is 24.1 Å². The predicted octanol–water partition coefficient (Wildman–Crippen LogP) is 2.34. The van der Waals surface area contributed by atoms with Gasteiger partial charge in [0.1, 0.15) is 5.54 Å². The van der Waals surface area contributed by atoms with Gasteiger partial charge in [-0.3, -0.25) is 15.0 Å². The predicted molar refractivity (Wildman–Crippen MR) is 80.8 cm³/mol. The number of hydrogen-bond acceptors (Lipinski definition) is 3. The van der Waals surface area contributed by atoms with Gasteiger partial charge < -0.3 is 5.11 Å². The average Bonchev–Trinajstić information content (AvgIpc) is 2.72. The van der Waals surface area contributed by atoms with Gasteiger partial charge in [0.25, 0.3) is 0 Å². The quantitative estimate of drug-likeness (QED) is 0.831. The molecule has 0 spiro atoms. The fourth-order valence-corrected chi connectivity index (χ4v) is 4.28. The molecule has 1 aliphatic carbocycles. The summed E-state index contributed by atoms with van der Waals surface area (Å²) < 4.78 is 0. The maximum absolute atomic E-state index is 11.7.